The van der Waals surface area contributed by atoms with E-state index in [0.717, 1.165) is 12.3 Å². The molecule has 3 rings (SSSR count). The Morgan fingerprint density at radius 1 is 1.39 bits per heavy atom. The Morgan fingerprint density at radius 2 is 2.17 bits per heavy atom. The monoisotopic (exact) mass is 248 g/mol. The van der Waals surface area contributed by atoms with Gasteiger partial charge in [-0.15, -0.1) is 0 Å². The van der Waals surface area contributed by atoms with Gasteiger partial charge in [-0.2, -0.15) is 0 Å². The van der Waals surface area contributed by atoms with Crippen molar-refractivity contribution in [3.8, 4) is 0 Å². The minimum atomic E-state index is 0.209. The minimum absolute atomic E-state index is 0.209. The van der Waals surface area contributed by atoms with Crippen molar-refractivity contribution in [2.75, 3.05) is 7.11 Å². The highest BCUT2D eigenvalue weighted by atomic mass is 16.5. The van der Waals surface area contributed by atoms with Gasteiger partial charge in [0.1, 0.15) is 5.76 Å². The molecule has 0 spiro atoms. The van der Waals surface area contributed by atoms with E-state index in [4.69, 9.17) is 9.15 Å². The van der Waals surface area contributed by atoms with Crippen molar-refractivity contribution in [3.05, 3.63) is 23.2 Å². The highest BCUT2D eigenvalue weighted by molar-refractivity contribution is 5.35. The molecule has 0 aromatic carbocycles. The van der Waals surface area contributed by atoms with Gasteiger partial charge in [0, 0.05) is 24.5 Å². The van der Waals surface area contributed by atoms with Gasteiger partial charge in [-0.05, 0) is 30.7 Å². The topological polar surface area (TPSA) is 22.4 Å². The van der Waals surface area contributed by atoms with E-state index in [1.54, 1.807) is 0 Å². The summed E-state index contributed by atoms with van der Waals surface area (Å²) in [6.07, 6.45) is 7.22. The molecule has 0 unspecified atom stereocenters. The van der Waals surface area contributed by atoms with Gasteiger partial charge in [0.2, 0.25) is 0 Å². The number of rotatable bonds is 1. The van der Waals surface area contributed by atoms with Crippen molar-refractivity contribution in [3.63, 3.8) is 0 Å². The second-order valence-electron chi connectivity index (χ2n) is 6.47. The van der Waals surface area contributed by atoms with E-state index in [-0.39, 0.29) is 11.5 Å². The van der Waals surface area contributed by atoms with Gasteiger partial charge in [-0.1, -0.05) is 26.7 Å². The fourth-order valence-corrected chi connectivity index (χ4v) is 4.41. The van der Waals surface area contributed by atoms with Crippen molar-refractivity contribution in [2.45, 2.75) is 52.6 Å². The summed E-state index contributed by atoms with van der Waals surface area (Å²) in [4.78, 5) is 0. The number of hydrogen-bond acceptors (Lipinski definition) is 2. The van der Waals surface area contributed by atoms with Gasteiger partial charge in [0.25, 0.3) is 0 Å². The Labute approximate surface area is 110 Å². The lowest BCUT2D eigenvalue weighted by Crippen LogP contribution is -2.47. The average molecular weight is 248 g/mol. The Bertz CT molecular complexity index is 448. The Balaban J connectivity index is 2.12. The second-order valence-corrected chi connectivity index (χ2v) is 6.47. The maximum absolute atomic E-state index is 5.94. The van der Waals surface area contributed by atoms with Crippen LogP contribution in [0.4, 0.5) is 0 Å². The van der Waals surface area contributed by atoms with Crippen molar-refractivity contribution in [2.24, 2.45) is 17.3 Å². The van der Waals surface area contributed by atoms with E-state index < -0.39 is 0 Å². The molecule has 100 valence electrons. The minimum Gasteiger partial charge on any atom is -0.469 e. The summed E-state index contributed by atoms with van der Waals surface area (Å²) < 4.78 is 11.7. The molecule has 1 aromatic rings. The number of furan rings is 1. The summed E-state index contributed by atoms with van der Waals surface area (Å²) >= 11 is 0. The van der Waals surface area contributed by atoms with E-state index in [2.05, 4.69) is 20.8 Å². The fourth-order valence-electron chi connectivity index (χ4n) is 4.41. The molecular formula is C16H24O2. The van der Waals surface area contributed by atoms with E-state index in [9.17, 15) is 0 Å². The summed E-state index contributed by atoms with van der Waals surface area (Å²) in [6.45, 7) is 6.98. The largest absolute Gasteiger partial charge is 0.469 e. The molecule has 4 atom stereocenters. The molecule has 0 amide bonds. The molecular weight excluding hydrogens is 224 g/mol. The Morgan fingerprint density at radius 3 is 2.89 bits per heavy atom. The lowest BCUT2D eigenvalue weighted by atomic mass is 9.54. The molecule has 0 aliphatic heterocycles. The predicted molar refractivity (Wildman–Crippen MR) is 71.5 cm³/mol. The fraction of sp³-hybridized carbons (Fsp3) is 0.750. The Kier molecular flexibility index (Phi) is 2.81. The van der Waals surface area contributed by atoms with Crippen LogP contribution in [0.5, 0.6) is 0 Å². The molecule has 18 heavy (non-hydrogen) atoms. The summed E-state index contributed by atoms with van der Waals surface area (Å²) in [7, 11) is 1.86. The lowest BCUT2D eigenvalue weighted by Gasteiger charge is -2.53. The van der Waals surface area contributed by atoms with Crippen LogP contribution in [0.3, 0.4) is 0 Å². The molecule has 2 aliphatic rings. The number of methoxy groups -OCH3 is 1. The number of ether oxygens (including phenoxy) is 1. The third kappa shape index (κ3) is 1.45. The summed E-state index contributed by atoms with van der Waals surface area (Å²) in [5.41, 5.74) is 2.87. The standard InChI is InChI=1S/C16H24O2/c1-10-9-18-13-8-12-7-5-6-11(2)16(12,3)15(17-4)14(10)13/h9,11-12,15H,5-8H2,1-4H3/t11-,12+,15+,16-/m0/s1. The van der Waals surface area contributed by atoms with Crippen LogP contribution in [0.25, 0.3) is 0 Å². The highest BCUT2D eigenvalue weighted by Gasteiger charge is 2.52. The van der Waals surface area contributed by atoms with Crippen LogP contribution in [0.1, 0.15) is 56.1 Å². The molecule has 0 bridgehead atoms. The van der Waals surface area contributed by atoms with Gasteiger partial charge in [-0.25, -0.2) is 0 Å². The number of hydrogen-bond donors (Lipinski definition) is 0. The summed E-state index contributed by atoms with van der Waals surface area (Å²) in [5.74, 6) is 2.61. The summed E-state index contributed by atoms with van der Waals surface area (Å²) in [6, 6.07) is 0. The molecule has 2 heteroatoms. The van der Waals surface area contributed by atoms with Crippen LogP contribution in [-0.4, -0.2) is 7.11 Å². The van der Waals surface area contributed by atoms with Crippen LogP contribution in [0.2, 0.25) is 0 Å². The first-order valence-corrected chi connectivity index (χ1v) is 7.18. The van der Waals surface area contributed by atoms with Crippen molar-refractivity contribution >= 4 is 0 Å². The average Bonchev–Trinajstić information content (AvgIpc) is 2.70. The summed E-state index contributed by atoms with van der Waals surface area (Å²) in [5, 5.41) is 0. The number of aryl methyl sites for hydroxylation is 1. The van der Waals surface area contributed by atoms with Gasteiger partial charge in [-0.3, -0.25) is 0 Å². The van der Waals surface area contributed by atoms with Crippen molar-refractivity contribution in [1.82, 2.24) is 0 Å². The van der Waals surface area contributed by atoms with Crippen LogP contribution < -0.4 is 0 Å². The maximum atomic E-state index is 5.94. The third-order valence-electron chi connectivity index (χ3n) is 5.73. The van der Waals surface area contributed by atoms with Gasteiger partial charge < -0.3 is 9.15 Å². The number of fused-ring (bicyclic) bond motifs is 2. The predicted octanol–water partition coefficient (Wildman–Crippen LogP) is 4.27. The molecule has 0 saturated heterocycles. The van der Waals surface area contributed by atoms with Crippen LogP contribution in [0.15, 0.2) is 10.7 Å². The van der Waals surface area contributed by atoms with Crippen LogP contribution in [0, 0.1) is 24.2 Å². The first-order valence-electron chi connectivity index (χ1n) is 7.18. The second kappa shape index (κ2) is 4.12. The molecule has 2 aliphatic carbocycles. The highest BCUT2D eigenvalue weighted by Crippen LogP contribution is 2.59. The first kappa shape index (κ1) is 12.3. The smallest absolute Gasteiger partial charge is 0.110 e. The molecule has 0 N–H and O–H groups in total. The molecule has 0 radical (unpaired) electrons. The van der Waals surface area contributed by atoms with Gasteiger partial charge >= 0.3 is 0 Å². The molecule has 1 heterocycles. The Hall–Kier alpha value is -0.760. The van der Waals surface area contributed by atoms with E-state index in [1.165, 1.54) is 36.1 Å². The SMILES string of the molecule is CO[C@@H]1c2c(C)coc2C[C@H]2CCC[C@H](C)[C@@]21C. The van der Waals surface area contributed by atoms with Crippen molar-refractivity contribution in [1.29, 1.82) is 0 Å². The maximum Gasteiger partial charge on any atom is 0.110 e. The first-order chi connectivity index (χ1) is 8.59. The zero-order valence-corrected chi connectivity index (χ0v) is 12.0. The molecule has 2 nitrogen and oxygen atoms in total. The van der Waals surface area contributed by atoms with Gasteiger partial charge in [0.15, 0.2) is 0 Å². The lowest BCUT2D eigenvalue weighted by molar-refractivity contribution is -0.104. The zero-order valence-electron chi connectivity index (χ0n) is 12.0. The third-order valence-corrected chi connectivity index (χ3v) is 5.73. The normalized spacial score (nSPS) is 39.2. The van der Waals surface area contributed by atoms with Crippen molar-refractivity contribution < 1.29 is 9.15 Å². The quantitative estimate of drug-likeness (QED) is 0.740. The van der Waals surface area contributed by atoms with E-state index >= 15 is 0 Å². The van der Waals surface area contributed by atoms with Crippen LogP contribution >= 0.6 is 0 Å². The van der Waals surface area contributed by atoms with E-state index in [0.29, 0.717) is 5.92 Å². The molecule has 1 saturated carbocycles. The van der Waals surface area contributed by atoms with Crippen LogP contribution in [-0.2, 0) is 11.2 Å². The zero-order chi connectivity index (χ0) is 12.9. The van der Waals surface area contributed by atoms with Gasteiger partial charge in [0.05, 0.1) is 12.4 Å². The molecule has 1 fully saturated rings. The molecule has 1 aromatic heterocycles. The van der Waals surface area contributed by atoms with E-state index in [1.807, 2.05) is 13.4 Å².